The number of rotatable bonds is 5. The van der Waals surface area contributed by atoms with Crippen LogP contribution in [0.5, 0.6) is 0 Å². The number of hydrogen-bond donors (Lipinski definition) is 2. The summed E-state index contributed by atoms with van der Waals surface area (Å²) in [6.07, 6.45) is 2.93. The van der Waals surface area contributed by atoms with Gasteiger partial charge in [0.2, 0.25) is 0 Å². The minimum absolute atomic E-state index is 0.0849. The van der Waals surface area contributed by atoms with Crippen molar-refractivity contribution < 1.29 is 4.79 Å². The molecule has 1 atom stereocenters. The molecule has 1 saturated heterocycles. The van der Waals surface area contributed by atoms with E-state index in [1.165, 1.54) is 17.3 Å². The number of thioether (sulfide) groups is 1. The number of aromatic nitrogens is 1. The second-order valence-electron chi connectivity index (χ2n) is 7.43. The zero-order chi connectivity index (χ0) is 22.1. The molecule has 0 bridgehead atoms. The van der Waals surface area contributed by atoms with Crippen molar-refractivity contribution in [2.45, 2.75) is 32.7 Å². The predicted octanol–water partition coefficient (Wildman–Crippen LogP) is 6.56. The number of hydrogen-bond acceptors (Lipinski definition) is 3. The van der Waals surface area contributed by atoms with Gasteiger partial charge in [0.1, 0.15) is 0 Å². The van der Waals surface area contributed by atoms with Crippen LogP contribution in [0.25, 0.3) is 11.8 Å². The Kier molecular flexibility index (Phi) is 6.37. The molecule has 1 aromatic heterocycles. The lowest BCUT2D eigenvalue weighted by Crippen LogP contribution is -2.30. The first kappa shape index (κ1) is 21.9. The summed E-state index contributed by atoms with van der Waals surface area (Å²) in [5.74, 6) is -0.0849. The molecule has 1 amide bonds. The largest absolute Gasteiger partial charge is 0.357 e. The van der Waals surface area contributed by atoms with E-state index in [0.29, 0.717) is 15.0 Å². The number of carbonyl (C=O) groups is 1. The monoisotopic (exact) mass is 471 g/mol. The standard InChI is InChI=1S/C24H23Cl2N3OS/c1-4-16-5-8-19(9-6-16)27-24-28-23(30)22(31-24)12-17-11-14(2)29(15(17)3)21-13-18(25)7-10-20(21)26/h5-13,24,27H,4H2,1-3H3,(H,28,30)/b22-12-/t24-/m0/s1. The molecule has 2 N–H and O–H groups in total. The average molecular weight is 472 g/mol. The molecular weight excluding hydrogens is 449 g/mol. The van der Waals surface area contributed by atoms with Crippen LogP contribution in [0.3, 0.4) is 0 Å². The third-order valence-corrected chi connectivity index (χ3v) is 6.88. The molecule has 2 aromatic carbocycles. The molecule has 1 fully saturated rings. The number of halogens is 2. The van der Waals surface area contributed by atoms with E-state index in [2.05, 4.69) is 40.3 Å². The normalized spacial score (nSPS) is 17.3. The molecule has 0 radical (unpaired) electrons. The molecule has 0 unspecified atom stereocenters. The van der Waals surface area contributed by atoms with E-state index in [0.717, 1.165) is 34.7 Å². The van der Waals surface area contributed by atoms with Crippen molar-refractivity contribution in [3.05, 3.63) is 86.0 Å². The number of amides is 1. The van der Waals surface area contributed by atoms with E-state index < -0.39 is 0 Å². The van der Waals surface area contributed by atoms with Gasteiger partial charge in [-0.1, -0.05) is 54.0 Å². The van der Waals surface area contributed by atoms with Gasteiger partial charge < -0.3 is 15.2 Å². The highest BCUT2D eigenvalue weighted by Crippen LogP contribution is 2.33. The molecule has 4 nitrogen and oxygen atoms in total. The van der Waals surface area contributed by atoms with Crippen molar-refractivity contribution in [3.8, 4) is 5.69 Å². The first-order valence-corrected chi connectivity index (χ1v) is 11.7. The number of benzene rings is 2. The molecule has 7 heteroatoms. The van der Waals surface area contributed by atoms with E-state index in [9.17, 15) is 4.79 Å². The van der Waals surface area contributed by atoms with Crippen LogP contribution in [0.15, 0.2) is 53.4 Å². The average Bonchev–Trinajstić information content (AvgIpc) is 3.22. The Bertz CT molecular complexity index is 1170. The SMILES string of the molecule is CCc1ccc(N[C@H]2NC(=O)/C(=C/c3cc(C)n(-c4cc(Cl)ccc4Cl)c3C)S2)cc1. The Morgan fingerprint density at radius 3 is 2.58 bits per heavy atom. The highest BCUT2D eigenvalue weighted by atomic mass is 35.5. The molecule has 3 aromatic rings. The second kappa shape index (κ2) is 9.03. The van der Waals surface area contributed by atoms with Crippen molar-refractivity contribution in [1.82, 2.24) is 9.88 Å². The second-order valence-corrected chi connectivity index (χ2v) is 9.42. The molecule has 4 rings (SSSR count). The zero-order valence-electron chi connectivity index (χ0n) is 17.5. The minimum Gasteiger partial charge on any atom is -0.357 e. The number of nitrogens with zero attached hydrogens (tertiary/aromatic N) is 1. The Hall–Kier alpha value is -2.34. The third-order valence-electron chi connectivity index (χ3n) is 5.30. The Morgan fingerprint density at radius 1 is 1.13 bits per heavy atom. The summed E-state index contributed by atoms with van der Waals surface area (Å²) >= 11 is 14.1. The van der Waals surface area contributed by atoms with Crippen LogP contribution < -0.4 is 10.6 Å². The fourth-order valence-corrected chi connectivity index (χ4v) is 5.00. The van der Waals surface area contributed by atoms with E-state index in [1.807, 2.05) is 38.1 Å². The summed E-state index contributed by atoms with van der Waals surface area (Å²) < 4.78 is 2.06. The van der Waals surface area contributed by atoms with Gasteiger partial charge in [0.05, 0.1) is 15.6 Å². The third kappa shape index (κ3) is 4.64. The molecule has 0 aliphatic carbocycles. The molecule has 160 valence electrons. The van der Waals surface area contributed by atoms with Crippen LogP contribution in [-0.4, -0.2) is 16.0 Å². The van der Waals surface area contributed by atoms with Crippen molar-refractivity contribution in [2.24, 2.45) is 0 Å². The maximum atomic E-state index is 12.6. The van der Waals surface area contributed by atoms with Crippen molar-refractivity contribution >= 4 is 52.6 Å². The van der Waals surface area contributed by atoms with Gasteiger partial charge in [0.15, 0.2) is 5.50 Å². The topological polar surface area (TPSA) is 46.1 Å². The van der Waals surface area contributed by atoms with Crippen LogP contribution >= 0.6 is 35.0 Å². The Balaban J connectivity index is 1.57. The number of anilines is 1. The van der Waals surface area contributed by atoms with Gasteiger partial charge in [-0.25, -0.2) is 0 Å². The predicted molar refractivity (Wildman–Crippen MR) is 132 cm³/mol. The van der Waals surface area contributed by atoms with Crippen molar-refractivity contribution in [3.63, 3.8) is 0 Å². The van der Waals surface area contributed by atoms with Crippen LogP contribution in [0.4, 0.5) is 5.69 Å². The summed E-state index contributed by atoms with van der Waals surface area (Å²) in [6, 6.07) is 15.7. The lowest BCUT2D eigenvalue weighted by molar-refractivity contribution is -0.116. The van der Waals surface area contributed by atoms with Crippen LogP contribution in [0.1, 0.15) is 29.4 Å². The van der Waals surface area contributed by atoms with E-state index >= 15 is 0 Å². The van der Waals surface area contributed by atoms with Crippen LogP contribution in [0, 0.1) is 13.8 Å². The smallest absolute Gasteiger partial charge is 0.260 e. The fraction of sp³-hybridized carbons (Fsp3) is 0.208. The maximum absolute atomic E-state index is 12.6. The summed E-state index contributed by atoms with van der Waals surface area (Å²) in [4.78, 5) is 13.2. The fourth-order valence-electron chi connectivity index (χ4n) is 3.66. The molecule has 1 aliphatic heterocycles. The van der Waals surface area contributed by atoms with E-state index in [4.69, 9.17) is 23.2 Å². The molecule has 1 aliphatic rings. The lowest BCUT2D eigenvalue weighted by Gasteiger charge is -2.13. The number of carbonyl (C=O) groups excluding carboxylic acids is 1. The van der Waals surface area contributed by atoms with Crippen molar-refractivity contribution in [1.29, 1.82) is 0 Å². The van der Waals surface area contributed by atoms with Gasteiger partial charge in [0.25, 0.3) is 5.91 Å². The van der Waals surface area contributed by atoms with Crippen molar-refractivity contribution in [2.75, 3.05) is 5.32 Å². The summed E-state index contributed by atoms with van der Waals surface area (Å²) in [5.41, 5.74) is 5.86. The first-order valence-electron chi connectivity index (χ1n) is 10.0. The van der Waals surface area contributed by atoms with E-state index in [-0.39, 0.29) is 11.4 Å². The number of aryl methyl sites for hydroxylation is 2. The minimum atomic E-state index is -0.211. The van der Waals surface area contributed by atoms with Gasteiger partial charge >= 0.3 is 0 Å². The molecule has 31 heavy (non-hydrogen) atoms. The highest BCUT2D eigenvalue weighted by Gasteiger charge is 2.27. The van der Waals surface area contributed by atoms with Crippen LogP contribution in [0.2, 0.25) is 10.0 Å². The zero-order valence-corrected chi connectivity index (χ0v) is 19.8. The Labute approximate surface area is 196 Å². The highest BCUT2D eigenvalue weighted by molar-refractivity contribution is 8.05. The summed E-state index contributed by atoms with van der Waals surface area (Å²) in [7, 11) is 0. The maximum Gasteiger partial charge on any atom is 0.260 e. The molecule has 2 heterocycles. The molecule has 0 spiro atoms. The molecular formula is C24H23Cl2N3OS. The lowest BCUT2D eigenvalue weighted by atomic mass is 10.1. The summed E-state index contributed by atoms with van der Waals surface area (Å²) in [5, 5.41) is 7.60. The van der Waals surface area contributed by atoms with Gasteiger partial charge in [-0.3, -0.25) is 4.79 Å². The van der Waals surface area contributed by atoms with E-state index in [1.54, 1.807) is 12.1 Å². The summed E-state index contributed by atoms with van der Waals surface area (Å²) in [6.45, 7) is 6.15. The van der Waals surface area contributed by atoms with Gasteiger partial charge in [-0.2, -0.15) is 0 Å². The van der Waals surface area contributed by atoms with Gasteiger partial charge in [0, 0.05) is 22.1 Å². The first-order chi connectivity index (χ1) is 14.9. The van der Waals surface area contributed by atoms with Gasteiger partial charge in [-0.05, 0) is 73.9 Å². The quantitative estimate of drug-likeness (QED) is 0.413. The van der Waals surface area contributed by atoms with Crippen LogP contribution in [-0.2, 0) is 11.2 Å². The number of nitrogens with one attached hydrogen (secondary N) is 2. The Morgan fingerprint density at radius 2 is 1.87 bits per heavy atom. The molecule has 0 saturated carbocycles. The van der Waals surface area contributed by atoms with Gasteiger partial charge in [-0.15, -0.1) is 0 Å².